The number of rotatable bonds is 5. The van der Waals surface area contributed by atoms with E-state index in [4.69, 9.17) is 9.97 Å². The van der Waals surface area contributed by atoms with Crippen LogP contribution in [-0.4, -0.2) is 14.5 Å². The van der Waals surface area contributed by atoms with E-state index in [1.807, 2.05) is 0 Å². The minimum absolute atomic E-state index is 0.838. The molecule has 0 N–H and O–H groups in total. The molecule has 10 rings (SSSR count). The Morgan fingerprint density at radius 3 is 1.76 bits per heavy atom. The first-order valence-corrected chi connectivity index (χ1v) is 17.3. The summed E-state index contributed by atoms with van der Waals surface area (Å²) in [6, 6.07) is 66.7. The fourth-order valence-corrected chi connectivity index (χ4v) is 7.60. The molecule has 0 atom stereocenters. The van der Waals surface area contributed by atoms with Gasteiger partial charge in [0.05, 0.1) is 22.6 Å². The molecule has 0 spiro atoms. The van der Waals surface area contributed by atoms with E-state index in [-0.39, 0.29) is 0 Å². The molecule has 3 heteroatoms. The van der Waals surface area contributed by atoms with E-state index < -0.39 is 0 Å². The summed E-state index contributed by atoms with van der Waals surface area (Å²) in [6.45, 7) is 0. The molecule has 0 fully saturated rings. The molecule has 51 heavy (non-hydrogen) atoms. The first-order valence-electron chi connectivity index (χ1n) is 17.3. The second-order valence-electron chi connectivity index (χ2n) is 13.0. The highest BCUT2D eigenvalue weighted by Gasteiger charge is 2.19. The number of benzene rings is 7. The summed E-state index contributed by atoms with van der Waals surface area (Å²) in [7, 11) is 0. The molecule has 238 valence electrons. The predicted molar refractivity (Wildman–Crippen MR) is 213 cm³/mol. The van der Waals surface area contributed by atoms with Gasteiger partial charge in [0.2, 0.25) is 0 Å². The number of hydrogen-bond donors (Lipinski definition) is 0. The quantitative estimate of drug-likeness (QED) is 0.186. The summed E-state index contributed by atoms with van der Waals surface area (Å²) in [5.41, 5.74) is 11.6. The van der Waals surface area contributed by atoms with Gasteiger partial charge in [0.25, 0.3) is 0 Å². The van der Waals surface area contributed by atoms with Crippen LogP contribution >= 0.6 is 0 Å². The molecule has 0 aliphatic heterocycles. The van der Waals surface area contributed by atoms with Crippen LogP contribution in [-0.2, 0) is 0 Å². The number of pyridine rings is 2. The molecule has 0 saturated carbocycles. The second-order valence-corrected chi connectivity index (χ2v) is 13.0. The average Bonchev–Trinajstić information content (AvgIpc) is 3.54. The highest BCUT2D eigenvalue weighted by atomic mass is 15.1. The molecule has 10 aromatic rings. The average molecular weight is 650 g/mol. The summed E-state index contributed by atoms with van der Waals surface area (Å²) in [5.74, 6) is 0. The lowest BCUT2D eigenvalue weighted by atomic mass is 9.93. The predicted octanol–water partition coefficient (Wildman–Crippen LogP) is 12.5. The van der Waals surface area contributed by atoms with Gasteiger partial charge in [-0.1, -0.05) is 146 Å². The van der Waals surface area contributed by atoms with E-state index in [2.05, 4.69) is 193 Å². The summed E-state index contributed by atoms with van der Waals surface area (Å²) in [6.07, 6.45) is 0. The van der Waals surface area contributed by atoms with Crippen molar-refractivity contribution in [1.82, 2.24) is 14.5 Å². The molecule has 3 nitrogen and oxygen atoms in total. The van der Waals surface area contributed by atoms with E-state index >= 15 is 0 Å². The third-order valence-electron chi connectivity index (χ3n) is 10.0. The van der Waals surface area contributed by atoms with Gasteiger partial charge in [0.15, 0.2) is 0 Å². The lowest BCUT2D eigenvalue weighted by Crippen LogP contribution is -1.98. The van der Waals surface area contributed by atoms with Gasteiger partial charge in [0, 0.05) is 27.4 Å². The van der Waals surface area contributed by atoms with Crippen molar-refractivity contribution in [2.75, 3.05) is 0 Å². The first-order chi connectivity index (χ1) is 25.3. The molecular formula is C48H31N3. The fourth-order valence-electron chi connectivity index (χ4n) is 7.60. The lowest BCUT2D eigenvalue weighted by molar-refractivity contribution is 1.13. The van der Waals surface area contributed by atoms with Crippen molar-refractivity contribution in [2.24, 2.45) is 0 Å². The lowest BCUT2D eigenvalue weighted by Gasteiger charge is -2.15. The minimum atomic E-state index is 0.838. The maximum absolute atomic E-state index is 5.48. The first kappa shape index (κ1) is 29.1. The maximum atomic E-state index is 5.48. The normalized spacial score (nSPS) is 11.5. The van der Waals surface area contributed by atoms with Crippen molar-refractivity contribution in [3.63, 3.8) is 0 Å². The van der Waals surface area contributed by atoms with Crippen molar-refractivity contribution in [3.8, 4) is 50.6 Å². The zero-order valence-electron chi connectivity index (χ0n) is 27.7. The van der Waals surface area contributed by atoms with Gasteiger partial charge >= 0.3 is 0 Å². The smallest absolute Gasteiger partial charge is 0.146 e. The third-order valence-corrected chi connectivity index (χ3v) is 10.0. The van der Waals surface area contributed by atoms with Crippen LogP contribution in [0.1, 0.15) is 0 Å². The molecule has 0 aliphatic carbocycles. The van der Waals surface area contributed by atoms with Crippen LogP contribution in [0.3, 0.4) is 0 Å². The Labute approximate surface area is 295 Å². The molecule has 0 unspecified atom stereocenters. The van der Waals surface area contributed by atoms with Gasteiger partial charge in [0.1, 0.15) is 5.65 Å². The highest BCUT2D eigenvalue weighted by Crippen LogP contribution is 2.39. The number of para-hydroxylation sites is 2. The van der Waals surface area contributed by atoms with Gasteiger partial charge in [-0.15, -0.1) is 0 Å². The van der Waals surface area contributed by atoms with Crippen molar-refractivity contribution < 1.29 is 0 Å². The monoisotopic (exact) mass is 649 g/mol. The number of fused-ring (bicyclic) bond motifs is 5. The van der Waals surface area contributed by atoms with Crippen molar-refractivity contribution in [1.29, 1.82) is 0 Å². The fraction of sp³-hybridized carbons (Fsp3) is 0. The Bertz CT molecular complexity index is 2890. The minimum Gasteiger partial charge on any atom is -0.294 e. The van der Waals surface area contributed by atoms with Crippen LogP contribution in [0.25, 0.3) is 94.1 Å². The Morgan fingerprint density at radius 2 is 1.00 bits per heavy atom. The Hall–Kier alpha value is -6.84. The van der Waals surface area contributed by atoms with Crippen molar-refractivity contribution >= 4 is 43.5 Å². The largest absolute Gasteiger partial charge is 0.294 e. The van der Waals surface area contributed by atoms with E-state index in [0.717, 1.165) is 55.7 Å². The Balaban J connectivity index is 1.25. The number of nitrogens with zero attached hydrogens (tertiary/aromatic N) is 3. The summed E-state index contributed by atoms with van der Waals surface area (Å²) < 4.78 is 2.27. The maximum Gasteiger partial charge on any atom is 0.146 e. The van der Waals surface area contributed by atoms with Crippen molar-refractivity contribution in [2.45, 2.75) is 0 Å². The topological polar surface area (TPSA) is 30.7 Å². The summed E-state index contributed by atoms with van der Waals surface area (Å²) in [4.78, 5) is 10.9. The molecule has 3 aromatic heterocycles. The van der Waals surface area contributed by atoms with Gasteiger partial charge in [-0.2, -0.15) is 0 Å². The second kappa shape index (κ2) is 11.9. The van der Waals surface area contributed by atoms with Crippen molar-refractivity contribution in [3.05, 3.63) is 188 Å². The molecule has 0 bridgehead atoms. The zero-order chi connectivity index (χ0) is 33.7. The molecule has 0 aliphatic rings. The van der Waals surface area contributed by atoms with Crippen LogP contribution in [0.15, 0.2) is 188 Å². The number of aromatic nitrogens is 3. The van der Waals surface area contributed by atoms with Gasteiger partial charge < -0.3 is 0 Å². The van der Waals surface area contributed by atoms with Crippen LogP contribution < -0.4 is 0 Å². The van der Waals surface area contributed by atoms with E-state index in [1.54, 1.807) is 0 Å². The molecular weight excluding hydrogens is 619 g/mol. The molecule has 7 aromatic carbocycles. The van der Waals surface area contributed by atoms with Gasteiger partial charge in [-0.05, 0) is 80.9 Å². The summed E-state index contributed by atoms with van der Waals surface area (Å²) in [5, 5.41) is 6.91. The zero-order valence-corrected chi connectivity index (χ0v) is 27.7. The van der Waals surface area contributed by atoms with Crippen LogP contribution in [0, 0.1) is 0 Å². The summed E-state index contributed by atoms with van der Waals surface area (Å²) >= 11 is 0. The number of hydrogen-bond acceptors (Lipinski definition) is 2. The molecule has 0 saturated heterocycles. The molecule has 0 radical (unpaired) electrons. The van der Waals surface area contributed by atoms with Crippen LogP contribution in [0.4, 0.5) is 0 Å². The van der Waals surface area contributed by atoms with E-state index in [9.17, 15) is 0 Å². The van der Waals surface area contributed by atoms with Gasteiger partial charge in [-0.25, -0.2) is 9.97 Å². The molecule has 0 amide bonds. The van der Waals surface area contributed by atoms with Gasteiger partial charge in [-0.3, -0.25) is 4.57 Å². The van der Waals surface area contributed by atoms with Crippen LogP contribution in [0.2, 0.25) is 0 Å². The SMILES string of the molecule is c1ccc(-c2cccc3ccc(-c4cc5c(-c6ccccc6)cccc5c(-c5ccc6c7ccccc7n(-c7ccccc7)c6n5)n4)cc23)cc1. The standard InChI is InChI=1S/C48H31N3/c1-4-14-32(15-5-1)37-22-12-18-34-26-27-35(30-42(34)37)45-31-43-38(33-16-6-2-7-17-33)23-13-24-40(43)47(49-45)44-29-28-41-39-21-10-11-25-46(39)51(48(41)50-44)36-19-8-3-9-20-36/h1-31H. The van der Waals surface area contributed by atoms with Crippen LogP contribution in [0.5, 0.6) is 0 Å². The Kier molecular flexibility index (Phi) is 6.81. The van der Waals surface area contributed by atoms with E-state index in [0.29, 0.717) is 0 Å². The molecule has 3 heterocycles. The third kappa shape index (κ3) is 4.90. The van der Waals surface area contributed by atoms with E-state index in [1.165, 1.54) is 38.4 Å². The highest BCUT2D eigenvalue weighted by molar-refractivity contribution is 6.10. The Morgan fingerprint density at radius 1 is 0.353 bits per heavy atom.